The van der Waals surface area contributed by atoms with Crippen LogP contribution in [0.5, 0.6) is 11.5 Å². The molecule has 96 valence electrons. The average Bonchev–Trinajstić information content (AvgIpc) is 2.35. The summed E-state index contributed by atoms with van der Waals surface area (Å²) in [5.41, 5.74) is 5.74. The van der Waals surface area contributed by atoms with Gasteiger partial charge in [0, 0.05) is 5.56 Å². The number of hydrogen-bond acceptors (Lipinski definition) is 5. The number of nitrogens with two attached hydrogens (primary N) is 1. The average molecular weight is 239 g/mol. The lowest BCUT2D eigenvalue weighted by molar-refractivity contribution is 0.378. The summed E-state index contributed by atoms with van der Waals surface area (Å²) in [6.45, 7) is 4.01. The maximum atomic E-state index is 5.51. The molecule has 0 saturated carbocycles. The second-order valence-corrected chi connectivity index (χ2v) is 3.84. The molecular weight excluding hydrogens is 218 g/mol. The zero-order valence-corrected chi connectivity index (χ0v) is 11.0. The van der Waals surface area contributed by atoms with Gasteiger partial charge in [-0.3, -0.25) is 5.84 Å². The second kappa shape index (κ2) is 5.86. The molecule has 5 nitrogen and oxygen atoms in total. The van der Waals surface area contributed by atoms with E-state index in [0.29, 0.717) is 0 Å². The number of benzene rings is 1. The van der Waals surface area contributed by atoms with E-state index < -0.39 is 0 Å². The SMILES string of the molecule is CNC(NN)c1cc(OC)c(C)c(C)c1OC. The molecule has 0 aliphatic rings. The Morgan fingerprint density at radius 1 is 1.18 bits per heavy atom. The van der Waals surface area contributed by atoms with Gasteiger partial charge in [-0.05, 0) is 38.1 Å². The van der Waals surface area contributed by atoms with Gasteiger partial charge in [0.2, 0.25) is 0 Å². The summed E-state index contributed by atoms with van der Waals surface area (Å²) in [5, 5.41) is 3.07. The Balaban J connectivity index is 3.41. The fourth-order valence-electron chi connectivity index (χ4n) is 1.91. The Hall–Kier alpha value is -1.30. The molecule has 17 heavy (non-hydrogen) atoms. The van der Waals surface area contributed by atoms with Crippen molar-refractivity contribution in [3.8, 4) is 11.5 Å². The van der Waals surface area contributed by atoms with Crippen LogP contribution in [0.3, 0.4) is 0 Å². The minimum absolute atomic E-state index is 0.182. The van der Waals surface area contributed by atoms with E-state index in [1.807, 2.05) is 27.0 Å². The third-order valence-electron chi connectivity index (χ3n) is 3.01. The van der Waals surface area contributed by atoms with E-state index in [2.05, 4.69) is 10.7 Å². The first-order valence-electron chi connectivity index (χ1n) is 5.46. The summed E-state index contributed by atoms with van der Waals surface area (Å²) in [6.07, 6.45) is -0.182. The van der Waals surface area contributed by atoms with Crippen molar-refractivity contribution < 1.29 is 9.47 Å². The van der Waals surface area contributed by atoms with E-state index in [4.69, 9.17) is 15.3 Å². The number of methoxy groups -OCH3 is 2. The first-order valence-corrected chi connectivity index (χ1v) is 5.46. The Bertz CT molecular complexity index is 390. The molecule has 4 N–H and O–H groups in total. The van der Waals surface area contributed by atoms with Crippen LogP contribution >= 0.6 is 0 Å². The first kappa shape index (κ1) is 13.8. The molecule has 1 rings (SSSR count). The highest BCUT2D eigenvalue weighted by atomic mass is 16.5. The fraction of sp³-hybridized carbons (Fsp3) is 0.500. The van der Waals surface area contributed by atoms with Crippen LogP contribution in [-0.4, -0.2) is 21.3 Å². The Kier molecular flexibility index (Phi) is 4.74. The molecule has 0 amide bonds. The van der Waals surface area contributed by atoms with Crippen LogP contribution in [0.2, 0.25) is 0 Å². The Labute approximate surface area is 102 Å². The van der Waals surface area contributed by atoms with Gasteiger partial charge in [0.25, 0.3) is 0 Å². The molecule has 1 unspecified atom stereocenters. The molecule has 1 aromatic rings. The number of hydrazine groups is 1. The molecule has 0 aliphatic carbocycles. The lowest BCUT2D eigenvalue weighted by Crippen LogP contribution is -2.36. The predicted molar refractivity (Wildman–Crippen MR) is 68.1 cm³/mol. The van der Waals surface area contributed by atoms with Gasteiger partial charge in [0.05, 0.1) is 20.4 Å². The maximum absolute atomic E-state index is 5.51. The first-order chi connectivity index (χ1) is 8.10. The zero-order chi connectivity index (χ0) is 13.0. The highest BCUT2D eigenvalue weighted by Crippen LogP contribution is 2.35. The molecule has 0 spiro atoms. The highest BCUT2D eigenvalue weighted by Gasteiger charge is 2.19. The Morgan fingerprint density at radius 3 is 2.24 bits per heavy atom. The van der Waals surface area contributed by atoms with Gasteiger partial charge in [-0.2, -0.15) is 0 Å². The molecule has 1 atom stereocenters. The van der Waals surface area contributed by atoms with E-state index in [1.165, 1.54) is 0 Å². The van der Waals surface area contributed by atoms with Gasteiger partial charge in [-0.1, -0.05) is 0 Å². The van der Waals surface area contributed by atoms with Crippen molar-refractivity contribution in [2.45, 2.75) is 20.0 Å². The minimum atomic E-state index is -0.182. The summed E-state index contributed by atoms with van der Waals surface area (Å²) in [5.74, 6) is 7.16. The third kappa shape index (κ3) is 2.52. The summed E-state index contributed by atoms with van der Waals surface area (Å²) in [7, 11) is 5.13. The van der Waals surface area contributed by atoms with Crippen LogP contribution in [0, 0.1) is 13.8 Å². The fourth-order valence-corrected chi connectivity index (χ4v) is 1.91. The minimum Gasteiger partial charge on any atom is -0.496 e. The Morgan fingerprint density at radius 2 is 1.82 bits per heavy atom. The molecule has 0 saturated heterocycles. The van der Waals surface area contributed by atoms with Crippen LogP contribution in [0.1, 0.15) is 22.9 Å². The lowest BCUT2D eigenvalue weighted by atomic mass is 10.0. The normalized spacial score (nSPS) is 12.4. The summed E-state index contributed by atoms with van der Waals surface area (Å²) in [6, 6.07) is 1.93. The second-order valence-electron chi connectivity index (χ2n) is 3.84. The number of rotatable bonds is 5. The van der Waals surface area contributed by atoms with Crippen LogP contribution in [-0.2, 0) is 0 Å². The van der Waals surface area contributed by atoms with Gasteiger partial charge in [0.1, 0.15) is 11.5 Å². The lowest BCUT2D eigenvalue weighted by Gasteiger charge is -2.22. The molecule has 0 aromatic heterocycles. The summed E-state index contributed by atoms with van der Waals surface area (Å²) in [4.78, 5) is 0. The number of nitrogens with one attached hydrogen (secondary N) is 2. The molecule has 1 aromatic carbocycles. The van der Waals surface area contributed by atoms with E-state index in [0.717, 1.165) is 28.2 Å². The van der Waals surface area contributed by atoms with Crippen LogP contribution in [0.25, 0.3) is 0 Å². The summed E-state index contributed by atoms with van der Waals surface area (Å²) < 4.78 is 10.8. The van der Waals surface area contributed by atoms with Crippen molar-refractivity contribution in [3.05, 3.63) is 22.8 Å². The maximum Gasteiger partial charge on any atom is 0.128 e. The molecule has 0 heterocycles. The number of hydrogen-bond donors (Lipinski definition) is 3. The van der Waals surface area contributed by atoms with Gasteiger partial charge < -0.3 is 14.8 Å². The largest absolute Gasteiger partial charge is 0.496 e. The molecular formula is C12H21N3O2. The van der Waals surface area contributed by atoms with E-state index in [1.54, 1.807) is 14.2 Å². The highest BCUT2D eigenvalue weighted by molar-refractivity contribution is 5.53. The van der Waals surface area contributed by atoms with Crippen LogP contribution < -0.4 is 26.1 Å². The third-order valence-corrected chi connectivity index (χ3v) is 3.01. The zero-order valence-electron chi connectivity index (χ0n) is 11.0. The smallest absolute Gasteiger partial charge is 0.128 e. The van der Waals surface area contributed by atoms with Crippen molar-refractivity contribution in [2.75, 3.05) is 21.3 Å². The summed E-state index contributed by atoms with van der Waals surface area (Å²) >= 11 is 0. The molecule has 0 aliphatic heterocycles. The van der Waals surface area contributed by atoms with Gasteiger partial charge in [-0.25, -0.2) is 5.43 Å². The topological polar surface area (TPSA) is 68.5 Å². The van der Waals surface area contributed by atoms with Crippen LogP contribution in [0.4, 0.5) is 0 Å². The standard InChI is InChI=1S/C12H21N3O2/c1-7-8(2)11(17-5)9(6-10(7)16-4)12(14-3)15-13/h6,12,14-15H,13H2,1-5H3. The van der Waals surface area contributed by atoms with Crippen molar-refractivity contribution in [1.29, 1.82) is 0 Å². The molecule has 5 heteroatoms. The van der Waals surface area contributed by atoms with Gasteiger partial charge >= 0.3 is 0 Å². The van der Waals surface area contributed by atoms with Crippen molar-refractivity contribution in [1.82, 2.24) is 10.7 Å². The van der Waals surface area contributed by atoms with Crippen molar-refractivity contribution in [2.24, 2.45) is 5.84 Å². The molecule has 0 radical (unpaired) electrons. The van der Waals surface area contributed by atoms with Crippen molar-refractivity contribution in [3.63, 3.8) is 0 Å². The van der Waals surface area contributed by atoms with Crippen molar-refractivity contribution >= 4 is 0 Å². The van der Waals surface area contributed by atoms with E-state index in [-0.39, 0.29) is 6.17 Å². The van der Waals surface area contributed by atoms with E-state index >= 15 is 0 Å². The monoisotopic (exact) mass is 239 g/mol. The molecule has 0 bridgehead atoms. The van der Waals surface area contributed by atoms with Gasteiger partial charge in [0.15, 0.2) is 0 Å². The number of ether oxygens (including phenoxy) is 2. The quantitative estimate of drug-likeness (QED) is 0.406. The van der Waals surface area contributed by atoms with Crippen LogP contribution in [0.15, 0.2) is 6.07 Å². The van der Waals surface area contributed by atoms with E-state index in [9.17, 15) is 0 Å². The molecule has 0 fully saturated rings. The predicted octanol–water partition coefficient (Wildman–Crippen LogP) is 1.00. The van der Waals surface area contributed by atoms with Gasteiger partial charge in [-0.15, -0.1) is 0 Å².